The van der Waals surface area contributed by atoms with E-state index in [0.29, 0.717) is 34.8 Å². The zero-order valence-electron chi connectivity index (χ0n) is 31.9. The molecule has 17 heteroatoms. The summed E-state index contributed by atoms with van der Waals surface area (Å²) in [5, 5.41) is 24.5. The maximum Gasteiger partial charge on any atom is 0.337 e. The molecule has 0 aliphatic carbocycles. The van der Waals surface area contributed by atoms with Crippen molar-refractivity contribution in [2.45, 2.75) is 39.3 Å². The van der Waals surface area contributed by atoms with E-state index in [0.717, 1.165) is 12.9 Å². The molecule has 0 heterocycles. The second kappa shape index (κ2) is 26.1. The molecule has 0 saturated heterocycles. The van der Waals surface area contributed by atoms with Gasteiger partial charge in [0.15, 0.2) is 0 Å². The van der Waals surface area contributed by atoms with Crippen molar-refractivity contribution in [3.63, 3.8) is 0 Å². The van der Waals surface area contributed by atoms with Crippen molar-refractivity contribution < 1.29 is 62.3 Å². The van der Waals surface area contributed by atoms with Crippen LogP contribution in [0.25, 0.3) is 0 Å². The van der Waals surface area contributed by atoms with Gasteiger partial charge in [-0.05, 0) is 112 Å². The SMILES string of the molecule is CO.COC(=O)c1ccc(O)cc1.COC(=O)c1ccc(OC[Si](C)(C)OC)cc1.CO[Si](C)(C)CCl.C[Si](C)(O)COc1ccc(C(=O)O)cc1. The fourth-order valence-corrected chi connectivity index (χ4v) is 4.43. The molecule has 0 spiro atoms. The van der Waals surface area contributed by atoms with Gasteiger partial charge in [0.05, 0.1) is 30.9 Å². The number of carbonyl (C=O) groups is 3. The fourth-order valence-electron chi connectivity index (χ4n) is 2.84. The van der Waals surface area contributed by atoms with Gasteiger partial charge in [-0.1, -0.05) is 0 Å². The molecule has 52 heavy (non-hydrogen) atoms. The topological polar surface area (TPSA) is 188 Å². The molecule has 0 bridgehead atoms. The Morgan fingerprint density at radius 3 is 1.23 bits per heavy atom. The van der Waals surface area contributed by atoms with Crippen LogP contribution in [0.4, 0.5) is 0 Å². The lowest BCUT2D eigenvalue weighted by molar-refractivity contribution is 0.0592. The Morgan fingerprint density at radius 1 is 0.596 bits per heavy atom. The minimum Gasteiger partial charge on any atom is -0.508 e. The van der Waals surface area contributed by atoms with Gasteiger partial charge in [-0.15, -0.1) is 11.6 Å². The summed E-state index contributed by atoms with van der Waals surface area (Å²) in [6.07, 6.45) is 0.889. The number of methoxy groups -OCH3 is 2. The number of alkyl halides is 1. The second-order valence-electron chi connectivity index (χ2n) is 12.3. The Bertz CT molecular complexity index is 1420. The Labute approximate surface area is 315 Å². The van der Waals surface area contributed by atoms with Gasteiger partial charge < -0.3 is 47.9 Å². The van der Waals surface area contributed by atoms with E-state index >= 15 is 0 Å². The number of halogens is 1. The molecule has 13 nitrogen and oxygen atoms in total. The number of phenols is 1. The van der Waals surface area contributed by atoms with Crippen molar-refractivity contribution in [2.75, 3.05) is 53.5 Å². The van der Waals surface area contributed by atoms with Gasteiger partial charge in [0, 0.05) is 26.8 Å². The van der Waals surface area contributed by atoms with Crippen molar-refractivity contribution in [1.82, 2.24) is 0 Å². The maximum atomic E-state index is 11.2. The van der Waals surface area contributed by atoms with Gasteiger partial charge in [0.25, 0.3) is 0 Å². The molecule has 3 aromatic rings. The summed E-state index contributed by atoms with van der Waals surface area (Å²) in [5.74, 6) is -0.255. The van der Waals surface area contributed by atoms with E-state index in [1.807, 2.05) is 0 Å². The minimum absolute atomic E-state index is 0.137. The number of carboxylic acid groups (broad SMARTS) is 1. The van der Waals surface area contributed by atoms with Gasteiger partial charge in [-0.3, -0.25) is 0 Å². The molecule has 0 radical (unpaired) electrons. The van der Waals surface area contributed by atoms with Crippen LogP contribution in [0.15, 0.2) is 72.8 Å². The highest BCUT2D eigenvalue weighted by Gasteiger charge is 2.22. The molecule has 0 fully saturated rings. The quantitative estimate of drug-likeness (QED) is 0.0930. The molecule has 0 amide bonds. The molecule has 0 aliphatic heterocycles. The molecule has 3 rings (SSSR count). The van der Waals surface area contributed by atoms with Gasteiger partial charge in [-0.2, -0.15) is 0 Å². The highest BCUT2D eigenvalue weighted by molar-refractivity contribution is 6.77. The van der Waals surface area contributed by atoms with Gasteiger partial charge in [0.1, 0.15) is 29.7 Å². The molecule has 4 N–H and O–H groups in total. The summed E-state index contributed by atoms with van der Waals surface area (Å²) in [6.45, 7) is 11.9. The van der Waals surface area contributed by atoms with E-state index in [2.05, 4.69) is 35.7 Å². The normalized spacial score (nSPS) is 10.5. The van der Waals surface area contributed by atoms with Crippen molar-refractivity contribution in [2.24, 2.45) is 0 Å². The number of aromatic carboxylic acids is 1. The predicted molar refractivity (Wildman–Crippen MR) is 209 cm³/mol. The van der Waals surface area contributed by atoms with Crippen molar-refractivity contribution >= 4 is 54.5 Å². The molecular formula is C35H55ClO13Si3. The van der Waals surface area contributed by atoms with Crippen LogP contribution in [0.2, 0.25) is 39.3 Å². The van der Waals surface area contributed by atoms with Crippen LogP contribution < -0.4 is 9.47 Å². The third-order valence-corrected chi connectivity index (χ3v) is 12.7. The summed E-state index contributed by atoms with van der Waals surface area (Å²) >= 11 is 5.53. The predicted octanol–water partition coefficient (Wildman–Crippen LogP) is 6.15. The largest absolute Gasteiger partial charge is 0.508 e. The Balaban J connectivity index is 0. The van der Waals surface area contributed by atoms with Crippen LogP contribution in [0.3, 0.4) is 0 Å². The number of aromatic hydroxyl groups is 1. The van der Waals surface area contributed by atoms with Crippen molar-refractivity contribution in [3.05, 3.63) is 89.5 Å². The molecular weight excluding hydrogens is 748 g/mol. The highest BCUT2D eigenvalue weighted by atomic mass is 35.5. The van der Waals surface area contributed by atoms with Crippen LogP contribution in [0.5, 0.6) is 17.2 Å². The lowest BCUT2D eigenvalue weighted by Gasteiger charge is -2.20. The van der Waals surface area contributed by atoms with Crippen LogP contribution in [-0.2, 0) is 18.3 Å². The standard InChI is InChI=1S/C12H18O4Si.C10H14O4Si.C8H8O3.C4H11ClOSi.CH4O/c1-14-12(13)10-5-7-11(8-6-10)16-9-17(3,4)15-2;1-15(2,13)7-14-9-5-3-8(4-6-9)10(11)12;1-11-8(10)6-2-4-7(9)5-3-6;1-6-7(2,3)4-5;1-2/h5-8H,9H2,1-4H3;3-6,13H,7H2,1-2H3,(H,11,12);2-5,9H,1H3;4H2,1-3H3;2H,1H3. The lowest BCUT2D eigenvalue weighted by atomic mass is 10.2. The number of aliphatic hydroxyl groups is 1. The summed E-state index contributed by atoms with van der Waals surface area (Å²) in [7, 11) is 1.78. The van der Waals surface area contributed by atoms with Gasteiger partial charge >= 0.3 is 17.9 Å². The number of carboxylic acids is 1. The zero-order chi connectivity index (χ0) is 40.5. The lowest BCUT2D eigenvalue weighted by Crippen LogP contribution is -2.37. The number of rotatable bonds is 12. The number of benzene rings is 3. The summed E-state index contributed by atoms with van der Waals surface area (Å²) in [5.41, 5.74) is 1.86. The summed E-state index contributed by atoms with van der Waals surface area (Å²) in [4.78, 5) is 42.1. The monoisotopic (exact) mass is 802 g/mol. The number of aliphatic hydroxyl groups excluding tert-OH is 1. The third-order valence-electron chi connectivity index (χ3n) is 6.27. The van der Waals surface area contributed by atoms with E-state index in [-0.39, 0.29) is 17.3 Å². The van der Waals surface area contributed by atoms with E-state index in [1.165, 1.54) is 50.6 Å². The average Bonchev–Trinajstić information content (AvgIpc) is 3.14. The van der Waals surface area contributed by atoms with E-state index in [4.69, 9.17) is 45.2 Å². The zero-order valence-corrected chi connectivity index (χ0v) is 35.6. The first-order valence-corrected chi connectivity index (χ1v) is 25.6. The summed E-state index contributed by atoms with van der Waals surface area (Å²) < 4.78 is 30.5. The third kappa shape index (κ3) is 23.7. The molecule has 0 atom stereocenters. The van der Waals surface area contributed by atoms with Gasteiger partial charge in [0.2, 0.25) is 25.0 Å². The molecule has 3 aromatic carbocycles. The van der Waals surface area contributed by atoms with E-state index in [9.17, 15) is 19.2 Å². The Morgan fingerprint density at radius 2 is 0.942 bits per heavy atom. The smallest absolute Gasteiger partial charge is 0.337 e. The minimum atomic E-state index is -2.21. The number of ether oxygens (including phenoxy) is 4. The maximum absolute atomic E-state index is 11.2. The van der Waals surface area contributed by atoms with E-state index < -0.39 is 36.9 Å². The molecule has 0 unspecified atom stereocenters. The van der Waals surface area contributed by atoms with Crippen LogP contribution in [-0.4, -0.2) is 116 Å². The van der Waals surface area contributed by atoms with Crippen LogP contribution >= 0.6 is 11.6 Å². The molecule has 0 saturated carbocycles. The first kappa shape index (κ1) is 50.4. The van der Waals surface area contributed by atoms with Crippen molar-refractivity contribution in [1.29, 1.82) is 0 Å². The Hall–Kier alpha value is -3.75. The Kier molecular flexibility index (Phi) is 25.3. The second-order valence-corrected chi connectivity index (χ2v) is 25.5. The van der Waals surface area contributed by atoms with Crippen molar-refractivity contribution in [3.8, 4) is 17.2 Å². The van der Waals surface area contributed by atoms with Gasteiger partial charge in [-0.25, -0.2) is 14.4 Å². The molecule has 0 aliphatic rings. The number of esters is 2. The number of hydrogen-bond acceptors (Lipinski definition) is 12. The first-order chi connectivity index (χ1) is 24.2. The van der Waals surface area contributed by atoms with Crippen LogP contribution in [0.1, 0.15) is 31.1 Å². The fraction of sp³-hybridized carbons (Fsp3) is 0.400. The summed E-state index contributed by atoms with van der Waals surface area (Å²) in [6, 6.07) is 18.9. The number of hydrogen-bond donors (Lipinski definition) is 4. The number of phenolic OH excluding ortho intramolecular Hbond substituents is 1. The van der Waals surface area contributed by atoms with Crippen LogP contribution in [0, 0.1) is 0 Å². The first-order valence-electron chi connectivity index (χ1n) is 15.7. The number of carbonyl (C=O) groups excluding carboxylic acids is 2. The molecule has 292 valence electrons. The average molecular weight is 804 g/mol. The van der Waals surface area contributed by atoms with E-state index in [1.54, 1.807) is 63.7 Å². The highest BCUT2D eigenvalue weighted by Crippen LogP contribution is 2.16. The molecule has 0 aromatic heterocycles.